The van der Waals surface area contributed by atoms with E-state index in [2.05, 4.69) is 66.3 Å². The fourth-order valence-electron chi connectivity index (χ4n) is 8.04. The molecule has 3 aliphatic rings. The largest absolute Gasteiger partial charge is 0.394 e. The first-order valence-corrected chi connectivity index (χ1v) is 18.9. The van der Waals surface area contributed by atoms with Gasteiger partial charge in [-0.05, 0) is 69.1 Å². The Morgan fingerprint density at radius 1 is 1.00 bits per heavy atom. The van der Waals surface area contributed by atoms with Gasteiger partial charge in [0.25, 0.3) is 0 Å². The lowest BCUT2D eigenvalue weighted by Gasteiger charge is -2.54. The number of pyridine rings is 1. The van der Waals surface area contributed by atoms with Gasteiger partial charge in [0, 0.05) is 80.1 Å². The van der Waals surface area contributed by atoms with E-state index in [1.165, 1.54) is 40.3 Å². The number of aryl methyl sites for hydroxylation is 1. The van der Waals surface area contributed by atoms with Crippen molar-refractivity contribution in [2.24, 2.45) is 5.41 Å². The molecule has 4 aromatic rings. The van der Waals surface area contributed by atoms with Crippen molar-refractivity contribution in [2.75, 3.05) is 63.5 Å². The molecule has 0 saturated carbocycles. The number of sulfonamides is 1. The highest BCUT2D eigenvalue weighted by molar-refractivity contribution is 7.88. The number of hydrogen-bond acceptors (Lipinski definition) is 9. The molecule has 50 heavy (non-hydrogen) atoms. The summed E-state index contributed by atoms with van der Waals surface area (Å²) in [6.45, 7) is 11.5. The first kappa shape index (κ1) is 34.6. The smallest absolute Gasteiger partial charge is 0.355 e. The molecule has 1 atom stereocenters. The van der Waals surface area contributed by atoms with Crippen molar-refractivity contribution >= 4 is 37.6 Å². The van der Waals surface area contributed by atoms with Gasteiger partial charge in [-0.25, -0.2) is 18.4 Å². The Kier molecular flexibility index (Phi) is 9.03. The number of hydrogen-bond donors (Lipinski definition) is 0. The molecule has 1 unspecified atom stereocenters. The summed E-state index contributed by atoms with van der Waals surface area (Å²) in [5.41, 5.74) is 4.75. The number of anilines is 1. The monoisotopic (exact) mass is 709 g/mol. The summed E-state index contributed by atoms with van der Waals surface area (Å²) in [5.74, 6) is 0.672. The van der Waals surface area contributed by atoms with Crippen LogP contribution >= 0.6 is 0 Å². The molecule has 1 aromatic carbocycles. The van der Waals surface area contributed by atoms with Crippen LogP contribution in [0.2, 0.25) is 0 Å². The number of aromatic nitrogens is 4. The van der Waals surface area contributed by atoms with Gasteiger partial charge in [-0.15, -0.1) is 0 Å². The van der Waals surface area contributed by atoms with Crippen molar-refractivity contribution in [1.29, 1.82) is 5.26 Å². The maximum Gasteiger partial charge on any atom is 0.394 e. The molecule has 15 heteroatoms. The molecule has 7 rings (SSSR count). The summed E-state index contributed by atoms with van der Waals surface area (Å²) < 4.78 is 66.6. The van der Waals surface area contributed by atoms with Crippen molar-refractivity contribution in [2.45, 2.75) is 58.4 Å². The van der Waals surface area contributed by atoms with E-state index in [-0.39, 0.29) is 17.2 Å². The van der Waals surface area contributed by atoms with Crippen LogP contribution in [-0.2, 0) is 29.5 Å². The second-order valence-electron chi connectivity index (χ2n) is 14.4. The Balaban J connectivity index is 0.981. The molecule has 3 fully saturated rings. The molecule has 0 aliphatic carbocycles. The predicted molar refractivity (Wildman–Crippen MR) is 185 cm³/mol. The van der Waals surface area contributed by atoms with E-state index in [0.717, 1.165) is 56.5 Å². The third kappa shape index (κ3) is 6.90. The topological polar surface area (TPSA) is 114 Å². The number of fused-ring (bicyclic) bond motifs is 2. The molecular formula is C35H42F3N9O2S. The lowest BCUT2D eigenvalue weighted by atomic mass is 9.72. The lowest BCUT2D eigenvalue weighted by Crippen LogP contribution is -2.60. The van der Waals surface area contributed by atoms with Gasteiger partial charge in [-0.1, -0.05) is 6.07 Å². The summed E-state index contributed by atoms with van der Waals surface area (Å²) >= 11 is 0. The highest BCUT2D eigenvalue weighted by Gasteiger charge is 2.46. The normalized spacial score (nSPS) is 20.0. The molecule has 0 radical (unpaired) electrons. The van der Waals surface area contributed by atoms with Crippen LogP contribution in [0.5, 0.6) is 0 Å². The number of benzene rings is 1. The van der Waals surface area contributed by atoms with E-state index >= 15 is 0 Å². The van der Waals surface area contributed by atoms with Gasteiger partial charge >= 0.3 is 6.18 Å². The summed E-state index contributed by atoms with van der Waals surface area (Å²) in [6, 6.07) is 10.3. The zero-order valence-electron chi connectivity index (χ0n) is 28.6. The van der Waals surface area contributed by atoms with Gasteiger partial charge < -0.3 is 9.47 Å². The minimum absolute atomic E-state index is 0.0321. The fourth-order valence-corrected chi connectivity index (χ4v) is 8.86. The average molecular weight is 710 g/mol. The van der Waals surface area contributed by atoms with Crippen LogP contribution in [0.25, 0.3) is 21.8 Å². The van der Waals surface area contributed by atoms with Crippen LogP contribution in [-0.4, -0.2) is 113 Å². The maximum atomic E-state index is 13.0. The molecule has 0 bridgehead atoms. The molecule has 11 nitrogen and oxygen atoms in total. The van der Waals surface area contributed by atoms with E-state index < -0.39 is 22.6 Å². The van der Waals surface area contributed by atoms with Gasteiger partial charge in [0.1, 0.15) is 23.9 Å². The van der Waals surface area contributed by atoms with E-state index in [1.807, 2.05) is 6.07 Å². The van der Waals surface area contributed by atoms with Crippen molar-refractivity contribution in [3.8, 4) is 6.07 Å². The van der Waals surface area contributed by atoms with E-state index in [1.54, 1.807) is 0 Å². The van der Waals surface area contributed by atoms with Gasteiger partial charge in [-0.2, -0.15) is 22.7 Å². The van der Waals surface area contributed by atoms with Crippen LogP contribution in [0.3, 0.4) is 0 Å². The number of piperazine rings is 1. The molecule has 3 aliphatic heterocycles. The van der Waals surface area contributed by atoms with Crippen LogP contribution in [0.4, 0.5) is 19.0 Å². The highest BCUT2D eigenvalue weighted by Crippen LogP contribution is 2.44. The molecular weight excluding hydrogens is 668 g/mol. The maximum absolute atomic E-state index is 13.0. The van der Waals surface area contributed by atoms with Gasteiger partial charge in [-0.3, -0.25) is 14.8 Å². The van der Waals surface area contributed by atoms with E-state index in [0.29, 0.717) is 55.1 Å². The van der Waals surface area contributed by atoms with Crippen molar-refractivity contribution in [3.05, 3.63) is 59.3 Å². The Morgan fingerprint density at radius 3 is 2.38 bits per heavy atom. The second-order valence-corrected chi connectivity index (χ2v) is 16.4. The third-order valence-corrected chi connectivity index (χ3v) is 12.3. The Bertz CT molecular complexity index is 2050. The van der Waals surface area contributed by atoms with Crippen molar-refractivity contribution in [3.63, 3.8) is 0 Å². The fraction of sp³-hybridized carbons (Fsp3) is 0.543. The highest BCUT2D eigenvalue weighted by atomic mass is 32.2. The van der Waals surface area contributed by atoms with Crippen LogP contribution in [0.1, 0.15) is 42.3 Å². The number of likely N-dealkylation sites (tertiary alicyclic amines) is 1. The number of piperidine rings is 1. The third-order valence-electron chi connectivity index (χ3n) is 11.0. The zero-order chi connectivity index (χ0) is 35.4. The first-order valence-electron chi connectivity index (χ1n) is 17.1. The Hall–Kier alpha value is -3.84. The van der Waals surface area contributed by atoms with Crippen molar-refractivity contribution in [1.82, 2.24) is 33.6 Å². The number of halogens is 3. The van der Waals surface area contributed by atoms with Gasteiger partial charge in [0.15, 0.2) is 0 Å². The molecule has 266 valence electrons. The molecule has 3 saturated heterocycles. The van der Waals surface area contributed by atoms with Gasteiger partial charge in [0.2, 0.25) is 10.0 Å². The number of alkyl halides is 3. The Morgan fingerprint density at radius 2 is 1.72 bits per heavy atom. The van der Waals surface area contributed by atoms with Crippen LogP contribution < -0.4 is 4.90 Å². The summed E-state index contributed by atoms with van der Waals surface area (Å²) in [7, 11) is -3.19. The first-order chi connectivity index (χ1) is 23.7. The summed E-state index contributed by atoms with van der Waals surface area (Å²) in [6.07, 6.45) is 0.751. The predicted octanol–water partition coefficient (Wildman–Crippen LogP) is 4.33. The minimum Gasteiger partial charge on any atom is -0.355 e. The second kappa shape index (κ2) is 13.0. The number of nitriles is 1. The SMILES string of the molecule is Cc1c(CN2CCC3(CC2)CN(c2ncnc4cnc(CC(F)(F)F)cc24)C3)ccc2c1cc(C#N)n2CC(C)N1CCN(S(C)(=O)=O)CC1. The van der Waals surface area contributed by atoms with E-state index in [9.17, 15) is 26.9 Å². The quantitative estimate of drug-likeness (QED) is 0.264. The lowest BCUT2D eigenvalue weighted by molar-refractivity contribution is -0.127. The number of nitrogens with zero attached hydrogens (tertiary/aromatic N) is 9. The van der Waals surface area contributed by atoms with Gasteiger partial charge in [0.05, 0.1) is 30.1 Å². The summed E-state index contributed by atoms with van der Waals surface area (Å²) in [4.78, 5) is 19.6. The molecule has 1 spiro atoms. The van der Waals surface area contributed by atoms with Crippen LogP contribution in [0.15, 0.2) is 36.8 Å². The summed E-state index contributed by atoms with van der Waals surface area (Å²) in [5, 5.41) is 11.7. The molecule has 0 amide bonds. The minimum atomic E-state index is -4.33. The molecule has 3 aromatic heterocycles. The van der Waals surface area contributed by atoms with E-state index in [4.69, 9.17) is 0 Å². The number of rotatable bonds is 8. The van der Waals surface area contributed by atoms with Crippen molar-refractivity contribution < 1.29 is 21.6 Å². The average Bonchev–Trinajstić information content (AvgIpc) is 3.42. The zero-order valence-corrected chi connectivity index (χ0v) is 29.4. The van der Waals surface area contributed by atoms with Crippen LogP contribution in [0, 0.1) is 23.7 Å². The standard InChI is InChI=1S/C35H42F3N9O2S/c1-24(44-10-12-46(13-11-44)50(3,48)49)19-47-28(17-39)15-29-25(2)26(4-5-32(29)47)20-43-8-6-34(7-9-43)21-45(22-34)33-30-14-27(16-35(36,37)38)40-18-31(30)41-23-42-33/h4-5,14-15,18,23-24H,6-13,16,19-22H2,1-3H3. The molecule has 6 heterocycles. The Labute approximate surface area is 290 Å². The molecule has 0 N–H and O–H groups in total.